The molecule has 0 bridgehead atoms. The molecule has 0 aromatic heterocycles. The summed E-state index contributed by atoms with van der Waals surface area (Å²) < 4.78 is 11.2. The minimum atomic E-state index is -0.0805. The van der Waals surface area contributed by atoms with Crippen LogP contribution in [0.4, 0.5) is 0 Å². The fraction of sp³-hybridized carbons (Fsp3) is 0.727. The van der Waals surface area contributed by atoms with E-state index in [0.717, 1.165) is 56.1 Å². The molecule has 0 aliphatic heterocycles. The van der Waals surface area contributed by atoms with Gasteiger partial charge in [0, 0.05) is 6.42 Å². The predicted molar refractivity (Wildman–Crippen MR) is 151 cm³/mol. The Balaban J connectivity index is 1.06. The smallest absolute Gasteiger partial charge is 0.305 e. The number of ether oxygens (including phenoxy) is 2. The van der Waals surface area contributed by atoms with E-state index >= 15 is 0 Å². The maximum atomic E-state index is 11.9. The summed E-state index contributed by atoms with van der Waals surface area (Å²) in [6, 6.07) is 6.78. The van der Waals surface area contributed by atoms with Gasteiger partial charge in [-0.15, -0.1) is 12.8 Å². The second kappa shape index (κ2) is 15.2. The molecule has 38 heavy (non-hydrogen) atoms. The second-order valence-electron chi connectivity index (χ2n) is 12.1. The zero-order valence-electron chi connectivity index (χ0n) is 23.8. The monoisotopic (exact) mass is 526 g/mol. The zero-order chi connectivity index (χ0) is 26.7. The molecule has 0 saturated heterocycles. The van der Waals surface area contributed by atoms with E-state index < -0.39 is 0 Å². The number of aryl methyl sites for hydroxylation is 1. The molecule has 0 unspecified atom stereocenters. The number of benzene rings is 1. The summed E-state index contributed by atoms with van der Waals surface area (Å²) in [6.45, 7) is 6.53. The Labute approximate surface area is 231 Å². The van der Waals surface area contributed by atoms with Crippen LogP contribution in [0.15, 0.2) is 18.2 Å². The predicted octanol–water partition coefficient (Wildman–Crippen LogP) is 8.10. The van der Waals surface area contributed by atoms with Gasteiger partial charge in [-0.2, -0.15) is 0 Å². The Bertz CT molecular complexity index is 830. The highest BCUT2D eigenvalue weighted by molar-refractivity contribution is 5.69. The van der Waals surface area contributed by atoms with Gasteiger partial charge in [-0.25, -0.2) is 9.78 Å². The molecule has 5 nitrogen and oxygen atoms in total. The van der Waals surface area contributed by atoms with E-state index in [9.17, 15) is 4.79 Å². The number of rotatable bonds is 12. The quantitative estimate of drug-likeness (QED) is 0.0905. The first-order valence-electron chi connectivity index (χ1n) is 15.3. The first kappa shape index (κ1) is 29.3. The van der Waals surface area contributed by atoms with Crippen LogP contribution in [0.5, 0.6) is 5.75 Å². The van der Waals surface area contributed by atoms with Gasteiger partial charge in [-0.05, 0) is 125 Å². The van der Waals surface area contributed by atoms with Crippen molar-refractivity contribution in [1.29, 1.82) is 0 Å². The molecule has 3 aliphatic carbocycles. The molecule has 4 rings (SSSR count). The summed E-state index contributed by atoms with van der Waals surface area (Å²) in [4.78, 5) is 23.4. The van der Waals surface area contributed by atoms with Crippen molar-refractivity contribution in [3.05, 3.63) is 42.7 Å². The summed E-state index contributed by atoms with van der Waals surface area (Å²) in [5, 5.41) is 0. The van der Waals surface area contributed by atoms with Crippen LogP contribution < -0.4 is 4.74 Å². The molecule has 0 radical (unpaired) electrons. The van der Waals surface area contributed by atoms with Crippen molar-refractivity contribution in [3.63, 3.8) is 0 Å². The SMILES string of the molecule is [CH2+][CH-]CCCC(=O)OC1CCC(OOCC2CCC(C3CCC(c4ccc(C)c(OC)c4)CC3)CC2)CC1. The number of esters is 1. The van der Waals surface area contributed by atoms with Gasteiger partial charge < -0.3 is 9.47 Å². The van der Waals surface area contributed by atoms with Gasteiger partial charge >= 0.3 is 5.97 Å². The van der Waals surface area contributed by atoms with E-state index in [4.69, 9.17) is 19.2 Å². The van der Waals surface area contributed by atoms with E-state index in [1.54, 1.807) is 7.11 Å². The lowest BCUT2D eigenvalue weighted by atomic mass is 9.68. The minimum Gasteiger partial charge on any atom is -0.496 e. The molecule has 0 spiro atoms. The van der Waals surface area contributed by atoms with Crippen LogP contribution in [-0.2, 0) is 19.3 Å². The Morgan fingerprint density at radius 1 is 0.921 bits per heavy atom. The summed E-state index contributed by atoms with van der Waals surface area (Å²) in [5.74, 6) is 4.03. The number of carbonyl (C=O) groups is 1. The largest absolute Gasteiger partial charge is 0.496 e. The topological polar surface area (TPSA) is 54.0 Å². The molecule has 1 aromatic carbocycles. The molecule has 3 saturated carbocycles. The molecule has 0 amide bonds. The highest BCUT2D eigenvalue weighted by Crippen LogP contribution is 2.44. The Hall–Kier alpha value is -1.72. The van der Waals surface area contributed by atoms with E-state index in [-0.39, 0.29) is 18.2 Å². The van der Waals surface area contributed by atoms with Crippen molar-refractivity contribution in [2.75, 3.05) is 13.7 Å². The van der Waals surface area contributed by atoms with E-state index in [1.165, 1.54) is 62.5 Å². The molecular formula is C33H50O5. The summed E-state index contributed by atoms with van der Waals surface area (Å²) in [5.41, 5.74) is 2.68. The van der Waals surface area contributed by atoms with Crippen LogP contribution in [0.2, 0.25) is 0 Å². The average Bonchev–Trinajstić information content (AvgIpc) is 2.95. The van der Waals surface area contributed by atoms with Crippen LogP contribution in [0.3, 0.4) is 0 Å². The molecule has 212 valence electrons. The minimum absolute atomic E-state index is 0.0381. The Kier molecular flexibility index (Phi) is 11.7. The number of hydrogen-bond acceptors (Lipinski definition) is 5. The van der Waals surface area contributed by atoms with Crippen molar-refractivity contribution < 1.29 is 24.0 Å². The van der Waals surface area contributed by atoms with E-state index in [0.29, 0.717) is 24.9 Å². The highest BCUT2D eigenvalue weighted by atomic mass is 17.2. The number of methoxy groups -OCH3 is 1. The lowest BCUT2D eigenvalue weighted by Crippen LogP contribution is -2.29. The van der Waals surface area contributed by atoms with Gasteiger partial charge in [0.25, 0.3) is 0 Å². The van der Waals surface area contributed by atoms with E-state index in [2.05, 4.69) is 32.0 Å². The van der Waals surface area contributed by atoms with Gasteiger partial charge in [-0.1, -0.05) is 25.5 Å². The molecular weight excluding hydrogens is 476 g/mol. The van der Waals surface area contributed by atoms with Crippen molar-refractivity contribution in [1.82, 2.24) is 0 Å². The zero-order valence-corrected chi connectivity index (χ0v) is 23.8. The van der Waals surface area contributed by atoms with Gasteiger partial charge in [0.2, 0.25) is 0 Å². The van der Waals surface area contributed by atoms with Crippen LogP contribution in [0, 0.1) is 38.0 Å². The van der Waals surface area contributed by atoms with Crippen molar-refractivity contribution in [2.24, 2.45) is 17.8 Å². The Morgan fingerprint density at radius 2 is 1.58 bits per heavy atom. The summed E-state index contributed by atoms with van der Waals surface area (Å²) >= 11 is 0. The molecule has 3 fully saturated rings. The normalized spacial score (nSPS) is 30.1. The molecule has 0 heterocycles. The molecule has 3 aliphatic rings. The standard InChI is InChI=1S/C33H50O5/c1-4-5-6-7-33(34)37-30-18-20-31(21-19-30)38-36-23-25-9-12-26(13-10-25)27-14-16-28(17-15-27)29-11-8-24(2)32(22-29)35-3/h4,8,11,22,25-28,30-31H,1,5-7,9-10,12-21,23H2,2-3H3. The maximum Gasteiger partial charge on any atom is 0.305 e. The third-order valence-corrected chi connectivity index (χ3v) is 9.45. The van der Waals surface area contributed by atoms with Crippen LogP contribution in [0.1, 0.15) is 113 Å². The van der Waals surface area contributed by atoms with Crippen molar-refractivity contribution in [3.8, 4) is 5.75 Å². The molecule has 0 atom stereocenters. The molecule has 5 heteroatoms. The van der Waals surface area contributed by atoms with E-state index in [1.807, 2.05) is 6.42 Å². The lowest BCUT2D eigenvalue weighted by molar-refractivity contribution is -0.336. The molecule has 1 aromatic rings. The number of unbranched alkanes of at least 4 members (excludes halogenated alkanes) is 2. The lowest BCUT2D eigenvalue weighted by Gasteiger charge is -2.38. The fourth-order valence-corrected chi connectivity index (χ4v) is 6.95. The van der Waals surface area contributed by atoms with Gasteiger partial charge in [0.1, 0.15) is 11.9 Å². The second-order valence-corrected chi connectivity index (χ2v) is 12.1. The van der Waals surface area contributed by atoms with Gasteiger partial charge in [0.15, 0.2) is 0 Å². The van der Waals surface area contributed by atoms with Gasteiger partial charge in [-0.3, -0.25) is 4.79 Å². The fourth-order valence-electron chi connectivity index (χ4n) is 6.95. The third-order valence-electron chi connectivity index (χ3n) is 9.45. The molecule has 0 N–H and O–H groups in total. The first-order chi connectivity index (χ1) is 18.6. The first-order valence-corrected chi connectivity index (χ1v) is 15.3. The number of carbonyl (C=O) groups excluding carboxylic acids is 1. The van der Waals surface area contributed by atoms with Gasteiger partial charge in [0.05, 0.1) is 19.8 Å². The highest BCUT2D eigenvalue weighted by Gasteiger charge is 2.32. The van der Waals surface area contributed by atoms with Crippen LogP contribution >= 0.6 is 0 Å². The average molecular weight is 527 g/mol. The summed E-state index contributed by atoms with van der Waals surface area (Å²) in [6.07, 6.45) is 18.3. The van der Waals surface area contributed by atoms with Crippen LogP contribution in [0.25, 0.3) is 0 Å². The summed E-state index contributed by atoms with van der Waals surface area (Å²) in [7, 11) is 1.77. The number of hydrogen-bond donors (Lipinski definition) is 0. The van der Waals surface area contributed by atoms with Crippen LogP contribution in [-0.4, -0.2) is 31.9 Å². The maximum absolute atomic E-state index is 11.9. The van der Waals surface area contributed by atoms with Crippen molar-refractivity contribution in [2.45, 2.75) is 121 Å². The third kappa shape index (κ3) is 8.64. The Morgan fingerprint density at radius 3 is 2.24 bits per heavy atom. The van der Waals surface area contributed by atoms with Crippen molar-refractivity contribution >= 4 is 5.97 Å².